The summed E-state index contributed by atoms with van der Waals surface area (Å²) in [6, 6.07) is 5.38. The Balaban J connectivity index is 3.19. The standard InChI is InChI=1S/C10H13BrO/c1-10(2,3)8-5-4-7(12)6-9(8)11/h4-6,12H,1-3H3. The second-order valence-electron chi connectivity index (χ2n) is 3.91. The summed E-state index contributed by atoms with van der Waals surface area (Å²) >= 11 is 3.42. The smallest absolute Gasteiger partial charge is 0.116 e. The molecular weight excluding hydrogens is 216 g/mol. The molecule has 0 aliphatic carbocycles. The highest BCUT2D eigenvalue weighted by molar-refractivity contribution is 9.10. The first-order valence-corrected chi connectivity index (χ1v) is 4.69. The number of phenolic OH excluding ortho intramolecular Hbond substituents is 1. The molecule has 0 amide bonds. The summed E-state index contributed by atoms with van der Waals surface area (Å²) in [6.45, 7) is 6.43. The van der Waals surface area contributed by atoms with Crippen molar-refractivity contribution in [2.45, 2.75) is 26.2 Å². The van der Waals surface area contributed by atoms with Crippen molar-refractivity contribution in [3.8, 4) is 5.75 Å². The fourth-order valence-electron chi connectivity index (χ4n) is 1.11. The van der Waals surface area contributed by atoms with Gasteiger partial charge in [0.1, 0.15) is 5.75 Å². The lowest BCUT2D eigenvalue weighted by atomic mass is 9.87. The van der Waals surface area contributed by atoms with Crippen molar-refractivity contribution in [2.75, 3.05) is 0 Å². The van der Waals surface area contributed by atoms with E-state index in [0.29, 0.717) is 5.75 Å². The predicted octanol–water partition coefficient (Wildman–Crippen LogP) is 3.45. The third kappa shape index (κ3) is 2.01. The van der Waals surface area contributed by atoms with E-state index in [9.17, 15) is 5.11 Å². The summed E-state index contributed by atoms with van der Waals surface area (Å²) in [5.74, 6) is 0.301. The van der Waals surface area contributed by atoms with Crippen molar-refractivity contribution in [2.24, 2.45) is 0 Å². The molecule has 0 aliphatic heterocycles. The van der Waals surface area contributed by atoms with E-state index in [4.69, 9.17) is 0 Å². The molecule has 0 bridgehead atoms. The second kappa shape index (κ2) is 3.09. The van der Waals surface area contributed by atoms with E-state index < -0.39 is 0 Å². The Kier molecular flexibility index (Phi) is 2.47. The first kappa shape index (κ1) is 9.59. The number of aromatic hydroxyl groups is 1. The van der Waals surface area contributed by atoms with Crippen LogP contribution in [0.5, 0.6) is 5.75 Å². The molecular formula is C10H13BrO. The van der Waals surface area contributed by atoms with Crippen LogP contribution in [-0.2, 0) is 5.41 Å². The third-order valence-corrected chi connectivity index (χ3v) is 2.42. The van der Waals surface area contributed by atoms with Crippen LogP contribution in [0, 0.1) is 0 Å². The van der Waals surface area contributed by atoms with E-state index in [2.05, 4.69) is 36.7 Å². The van der Waals surface area contributed by atoms with Gasteiger partial charge < -0.3 is 5.11 Å². The zero-order chi connectivity index (χ0) is 9.35. The van der Waals surface area contributed by atoms with Gasteiger partial charge in [0.05, 0.1) is 0 Å². The van der Waals surface area contributed by atoms with Crippen LogP contribution < -0.4 is 0 Å². The van der Waals surface area contributed by atoms with Gasteiger partial charge in [-0.05, 0) is 23.1 Å². The number of halogens is 1. The maximum Gasteiger partial charge on any atom is 0.116 e. The number of benzene rings is 1. The largest absolute Gasteiger partial charge is 0.508 e. The molecule has 0 saturated carbocycles. The van der Waals surface area contributed by atoms with Gasteiger partial charge in [0.25, 0.3) is 0 Å². The average Bonchev–Trinajstić information content (AvgIpc) is 1.83. The fourth-order valence-corrected chi connectivity index (χ4v) is 2.07. The van der Waals surface area contributed by atoms with Crippen molar-refractivity contribution >= 4 is 15.9 Å². The molecule has 0 spiro atoms. The molecule has 0 fully saturated rings. The van der Waals surface area contributed by atoms with Crippen molar-refractivity contribution < 1.29 is 5.11 Å². The minimum absolute atomic E-state index is 0.118. The van der Waals surface area contributed by atoms with Gasteiger partial charge in [-0.2, -0.15) is 0 Å². The SMILES string of the molecule is CC(C)(C)c1ccc(O)cc1Br. The Morgan fingerprint density at radius 3 is 2.25 bits per heavy atom. The van der Waals surface area contributed by atoms with E-state index >= 15 is 0 Å². The number of phenols is 1. The van der Waals surface area contributed by atoms with E-state index in [1.54, 1.807) is 12.1 Å². The molecule has 0 heterocycles. The van der Waals surface area contributed by atoms with Gasteiger partial charge in [-0.25, -0.2) is 0 Å². The topological polar surface area (TPSA) is 20.2 Å². The van der Waals surface area contributed by atoms with Crippen molar-refractivity contribution in [1.29, 1.82) is 0 Å². The normalized spacial score (nSPS) is 11.7. The van der Waals surface area contributed by atoms with Crippen LogP contribution in [0.1, 0.15) is 26.3 Å². The Bertz CT molecular complexity index is 286. The molecule has 0 aromatic heterocycles. The highest BCUT2D eigenvalue weighted by atomic mass is 79.9. The molecule has 0 aliphatic rings. The summed E-state index contributed by atoms with van der Waals surface area (Å²) < 4.78 is 0.968. The zero-order valence-electron chi connectivity index (χ0n) is 7.56. The zero-order valence-corrected chi connectivity index (χ0v) is 9.14. The molecule has 0 saturated heterocycles. The Morgan fingerprint density at radius 2 is 1.83 bits per heavy atom. The van der Waals surface area contributed by atoms with Gasteiger partial charge in [0.2, 0.25) is 0 Å². The summed E-state index contributed by atoms with van der Waals surface area (Å²) in [4.78, 5) is 0. The summed E-state index contributed by atoms with van der Waals surface area (Å²) in [5, 5.41) is 9.17. The quantitative estimate of drug-likeness (QED) is 0.722. The Labute approximate surface area is 81.6 Å². The van der Waals surface area contributed by atoms with Crippen LogP contribution in [0.3, 0.4) is 0 Å². The van der Waals surface area contributed by atoms with Crippen LogP contribution in [0.2, 0.25) is 0 Å². The van der Waals surface area contributed by atoms with Crippen molar-refractivity contribution in [1.82, 2.24) is 0 Å². The average molecular weight is 229 g/mol. The van der Waals surface area contributed by atoms with Gasteiger partial charge in [-0.15, -0.1) is 0 Å². The predicted molar refractivity (Wildman–Crippen MR) is 54.5 cm³/mol. The monoisotopic (exact) mass is 228 g/mol. The van der Waals surface area contributed by atoms with Crippen molar-refractivity contribution in [3.05, 3.63) is 28.2 Å². The molecule has 1 N–H and O–H groups in total. The van der Waals surface area contributed by atoms with Crippen LogP contribution in [0.15, 0.2) is 22.7 Å². The molecule has 0 atom stereocenters. The molecule has 1 nitrogen and oxygen atoms in total. The van der Waals surface area contributed by atoms with E-state index in [0.717, 1.165) is 4.47 Å². The van der Waals surface area contributed by atoms with Gasteiger partial charge in [-0.1, -0.05) is 42.8 Å². The lowest BCUT2D eigenvalue weighted by molar-refractivity contribution is 0.473. The molecule has 0 unspecified atom stereocenters. The van der Waals surface area contributed by atoms with E-state index in [1.807, 2.05) is 6.07 Å². The van der Waals surface area contributed by atoms with Crippen LogP contribution in [-0.4, -0.2) is 5.11 Å². The van der Waals surface area contributed by atoms with Gasteiger partial charge >= 0.3 is 0 Å². The maximum atomic E-state index is 9.17. The number of rotatable bonds is 0. The number of hydrogen-bond donors (Lipinski definition) is 1. The first-order valence-electron chi connectivity index (χ1n) is 3.90. The molecule has 0 radical (unpaired) electrons. The molecule has 1 aromatic rings. The highest BCUT2D eigenvalue weighted by Gasteiger charge is 2.16. The lowest BCUT2D eigenvalue weighted by Gasteiger charge is -2.20. The molecule has 66 valence electrons. The molecule has 1 aromatic carbocycles. The van der Waals surface area contributed by atoms with Gasteiger partial charge in [-0.3, -0.25) is 0 Å². The second-order valence-corrected chi connectivity index (χ2v) is 4.77. The van der Waals surface area contributed by atoms with E-state index in [1.165, 1.54) is 5.56 Å². The molecule has 1 rings (SSSR count). The Hall–Kier alpha value is -0.500. The van der Waals surface area contributed by atoms with Gasteiger partial charge in [0, 0.05) is 4.47 Å². The number of hydrogen-bond acceptors (Lipinski definition) is 1. The van der Waals surface area contributed by atoms with Crippen LogP contribution >= 0.6 is 15.9 Å². The lowest BCUT2D eigenvalue weighted by Crippen LogP contribution is -2.11. The Morgan fingerprint density at radius 1 is 1.25 bits per heavy atom. The minimum atomic E-state index is 0.118. The van der Waals surface area contributed by atoms with E-state index in [-0.39, 0.29) is 5.41 Å². The van der Waals surface area contributed by atoms with Gasteiger partial charge in [0.15, 0.2) is 0 Å². The summed E-state index contributed by atoms with van der Waals surface area (Å²) in [6.07, 6.45) is 0. The minimum Gasteiger partial charge on any atom is -0.508 e. The fraction of sp³-hybridized carbons (Fsp3) is 0.400. The highest BCUT2D eigenvalue weighted by Crippen LogP contribution is 2.31. The van der Waals surface area contributed by atoms with Crippen LogP contribution in [0.4, 0.5) is 0 Å². The summed E-state index contributed by atoms with van der Waals surface area (Å²) in [5.41, 5.74) is 1.33. The third-order valence-electron chi connectivity index (χ3n) is 1.76. The first-order chi connectivity index (χ1) is 5.41. The summed E-state index contributed by atoms with van der Waals surface area (Å²) in [7, 11) is 0. The molecule has 12 heavy (non-hydrogen) atoms. The maximum absolute atomic E-state index is 9.17. The molecule has 2 heteroatoms. The van der Waals surface area contributed by atoms with Crippen LogP contribution in [0.25, 0.3) is 0 Å². The van der Waals surface area contributed by atoms with Crippen molar-refractivity contribution in [3.63, 3.8) is 0 Å².